The molecule has 20 heavy (non-hydrogen) atoms. The van der Waals surface area contributed by atoms with Gasteiger partial charge in [-0.3, -0.25) is 9.48 Å². The van der Waals surface area contributed by atoms with Crippen LogP contribution in [0.4, 0.5) is 0 Å². The Kier molecular flexibility index (Phi) is 5.17. The van der Waals surface area contributed by atoms with Gasteiger partial charge in [0.2, 0.25) is 5.91 Å². The highest BCUT2D eigenvalue weighted by atomic mass is 16.2. The summed E-state index contributed by atoms with van der Waals surface area (Å²) in [6.07, 6.45) is 7.94. The van der Waals surface area contributed by atoms with Gasteiger partial charge in [-0.15, -0.1) is 0 Å². The first-order valence-corrected chi connectivity index (χ1v) is 7.64. The van der Waals surface area contributed by atoms with E-state index in [0.29, 0.717) is 6.54 Å². The number of rotatable bonds is 6. The van der Waals surface area contributed by atoms with Crippen molar-refractivity contribution in [3.8, 4) is 0 Å². The van der Waals surface area contributed by atoms with Crippen molar-refractivity contribution in [2.75, 3.05) is 19.6 Å². The fourth-order valence-electron chi connectivity index (χ4n) is 3.03. The van der Waals surface area contributed by atoms with Gasteiger partial charge in [0.25, 0.3) is 0 Å². The molecule has 112 valence electrons. The summed E-state index contributed by atoms with van der Waals surface area (Å²) in [7, 11) is 0. The summed E-state index contributed by atoms with van der Waals surface area (Å²) in [5.41, 5.74) is 0.947. The Bertz CT molecular complexity index is 429. The lowest BCUT2D eigenvalue weighted by Crippen LogP contribution is -2.50. The molecular formula is C15H26N4O. The van der Waals surface area contributed by atoms with E-state index in [0.717, 1.165) is 50.9 Å². The zero-order valence-electron chi connectivity index (χ0n) is 12.6. The Morgan fingerprint density at radius 1 is 1.60 bits per heavy atom. The van der Waals surface area contributed by atoms with E-state index >= 15 is 0 Å². The van der Waals surface area contributed by atoms with Crippen molar-refractivity contribution in [3.05, 3.63) is 18.0 Å². The minimum Gasteiger partial charge on any atom is -0.354 e. The molecule has 0 bridgehead atoms. The molecular weight excluding hydrogens is 252 g/mol. The van der Waals surface area contributed by atoms with Crippen molar-refractivity contribution < 1.29 is 4.79 Å². The highest BCUT2D eigenvalue weighted by Crippen LogP contribution is 2.31. The lowest BCUT2D eigenvalue weighted by Gasteiger charge is -2.36. The number of nitrogens with one attached hydrogen (secondary N) is 2. The Labute approximate surface area is 121 Å². The van der Waals surface area contributed by atoms with E-state index in [1.54, 1.807) is 0 Å². The monoisotopic (exact) mass is 278 g/mol. The molecule has 1 fully saturated rings. The molecule has 0 aliphatic carbocycles. The summed E-state index contributed by atoms with van der Waals surface area (Å²) in [5, 5.41) is 10.7. The molecule has 1 aromatic heterocycles. The van der Waals surface area contributed by atoms with E-state index in [2.05, 4.69) is 22.7 Å². The molecule has 2 heterocycles. The van der Waals surface area contributed by atoms with Crippen LogP contribution in [0.2, 0.25) is 0 Å². The molecule has 1 saturated heterocycles. The van der Waals surface area contributed by atoms with Gasteiger partial charge in [-0.2, -0.15) is 5.10 Å². The first kappa shape index (κ1) is 15.0. The van der Waals surface area contributed by atoms with Crippen LogP contribution in [0.3, 0.4) is 0 Å². The fourth-order valence-corrected chi connectivity index (χ4v) is 3.03. The second kappa shape index (κ2) is 6.88. The van der Waals surface area contributed by atoms with Crippen LogP contribution in [0.5, 0.6) is 0 Å². The maximum absolute atomic E-state index is 12.5. The molecule has 1 unspecified atom stereocenters. The molecule has 2 rings (SSSR count). The average molecular weight is 278 g/mol. The molecule has 2 N–H and O–H groups in total. The van der Waals surface area contributed by atoms with Crippen molar-refractivity contribution >= 4 is 5.91 Å². The molecule has 0 aromatic carbocycles. The molecule has 0 radical (unpaired) electrons. The van der Waals surface area contributed by atoms with Crippen LogP contribution < -0.4 is 10.6 Å². The molecule has 0 saturated carbocycles. The average Bonchev–Trinajstić information content (AvgIpc) is 2.86. The number of carbonyl (C=O) groups is 1. The van der Waals surface area contributed by atoms with Gasteiger partial charge >= 0.3 is 0 Å². The highest BCUT2D eigenvalue weighted by molar-refractivity contribution is 5.83. The Hall–Kier alpha value is -1.36. The predicted molar refractivity (Wildman–Crippen MR) is 79.4 cm³/mol. The van der Waals surface area contributed by atoms with E-state index in [9.17, 15) is 4.79 Å². The van der Waals surface area contributed by atoms with Crippen LogP contribution in [0.1, 0.15) is 38.2 Å². The second-order valence-electron chi connectivity index (χ2n) is 5.85. The topological polar surface area (TPSA) is 59.0 Å². The van der Waals surface area contributed by atoms with E-state index in [4.69, 9.17) is 0 Å². The van der Waals surface area contributed by atoms with Crippen molar-refractivity contribution in [1.82, 2.24) is 20.4 Å². The molecule has 1 atom stereocenters. The van der Waals surface area contributed by atoms with Crippen LogP contribution >= 0.6 is 0 Å². The molecule has 1 amide bonds. The van der Waals surface area contributed by atoms with E-state index in [1.165, 1.54) is 0 Å². The molecule has 5 heteroatoms. The molecule has 0 spiro atoms. The van der Waals surface area contributed by atoms with Crippen LogP contribution in [0.15, 0.2) is 12.4 Å². The van der Waals surface area contributed by atoms with Crippen molar-refractivity contribution in [3.63, 3.8) is 0 Å². The smallest absolute Gasteiger partial charge is 0.227 e. The molecule has 1 aromatic rings. The number of aromatic nitrogens is 2. The number of hydrogen-bond donors (Lipinski definition) is 2. The van der Waals surface area contributed by atoms with Crippen LogP contribution in [0, 0.1) is 12.3 Å². The summed E-state index contributed by atoms with van der Waals surface area (Å²) < 4.78 is 1.88. The van der Waals surface area contributed by atoms with Gasteiger partial charge < -0.3 is 10.6 Å². The zero-order chi connectivity index (χ0) is 14.4. The normalized spacial score (nSPS) is 22.7. The number of carbonyl (C=O) groups excluding carboxylic acids is 1. The maximum Gasteiger partial charge on any atom is 0.227 e. The minimum atomic E-state index is -0.201. The predicted octanol–water partition coefficient (Wildman–Crippen LogP) is 1.48. The highest BCUT2D eigenvalue weighted by Gasteiger charge is 2.38. The third-order valence-electron chi connectivity index (χ3n) is 4.07. The van der Waals surface area contributed by atoms with E-state index < -0.39 is 0 Å². The largest absolute Gasteiger partial charge is 0.354 e. The van der Waals surface area contributed by atoms with Crippen molar-refractivity contribution in [2.45, 2.75) is 46.1 Å². The van der Waals surface area contributed by atoms with Gasteiger partial charge in [0.15, 0.2) is 0 Å². The summed E-state index contributed by atoms with van der Waals surface area (Å²) in [5.74, 6) is 0.204. The maximum atomic E-state index is 12.5. The minimum absolute atomic E-state index is 0.201. The van der Waals surface area contributed by atoms with Crippen molar-refractivity contribution in [1.29, 1.82) is 0 Å². The van der Waals surface area contributed by atoms with Crippen molar-refractivity contribution in [2.24, 2.45) is 5.41 Å². The molecule has 1 aliphatic heterocycles. The van der Waals surface area contributed by atoms with E-state index in [1.807, 2.05) is 24.0 Å². The summed E-state index contributed by atoms with van der Waals surface area (Å²) in [6.45, 7) is 7.39. The Morgan fingerprint density at radius 2 is 2.45 bits per heavy atom. The lowest BCUT2D eigenvalue weighted by molar-refractivity contribution is -0.132. The van der Waals surface area contributed by atoms with Crippen LogP contribution in [0.25, 0.3) is 0 Å². The Balaban J connectivity index is 1.85. The van der Waals surface area contributed by atoms with Gasteiger partial charge in [-0.1, -0.05) is 13.3 Å². The first-order valence-electron chi connectivity index (χ1n) is 7.64. The number of piperidine rings is 1. The van der Waals surface area contributed by atoms with Gasteiger partial charge in [0.05, 0.1) is 18.2 Å². The van der Waals surface area contributed by atoms with Crippen LogP contribution in [-0.4, -0.2) is 35.3 Å². The molecule has 5 nitrogen and oxygen atoms in total. The van der Waals surface area contributed by atoms with Gasteiger partial charge in [-0.25, -0.2) is 0 Å². The number of hydrogen-bond acceptors (Lipinski definition) is 3. The zero-order valence-corrected chi connectivity index (χ0v) is 12.6. The number of aryl methyl sites for hydroxylation is 1. The fraction of sp³-hybridized carbons (Fsp3) is 0.733. The van der Waals surface area contributed by atoms with Gasteiger partial charge in [-0.05, 0) is 38.3 Å². The van der Waals surface area contributed by atoms with E-state index in [-0.39, 0.29) is 11.3 Å². The van der Waals surface area contributed by atoms with Crippen LogP contribution in [-0.2, 0) is 11.3 Å². The van der Waals surface area contributed by atoms with Gasteiger partial charge in [0.1, 0.15) is 0 Å². The lowest BCUT2D eigenvalue weighted by atomic mass is 9.76. The molecule has 1 aliphatic rings. The second-order valence-corrected chi connectivity index (χ2v) is 5.85. The standard InChI is InChI=1S/C15H26N4O/c1-3-5-15(6-4-7-16-12-15)14(20)17-8-9-19-11-13(2)10-18-19/h10-11,16H,3-9,12H2,1-2H3,(H,17,20). The Morgan fingerprint density at radius 3 is 3.05 bits per heavy atom. The number of nitrogens with zero attached hydrogens (tertiary/aromatic N) is 2. The summed E-state index contributed by atoms with van der Waals surface area (Å²) in [6, 6.07) is 0. The SMILES string of the molecule is CCCC1(C(=O)NCCn2cc(C)cn2)CCCNC1. The summed E-state index contributed by atoms with van der Waals surface area (Å²) in [4.78, 5) is 12.5. The quantitative estimate of drug-likeness (QED) is 0.828. The third kappa shape index (κ3) is 3.60. The summed E-state index contributed by atoms with van der Waals surface area (Å²) >= 11 is 0. The first-order chi connectivity index (χ1) is 9.66. The van der Waals surface area contributed by atoms with Gasteiger partial charge in [0, 0.05) is 19.3 Å². The third-order valence-corrected chi connectivity index (χ3v) is 4.07. The number of amides is 1.